The number of pyridine rings is 1. The van der Waals surface area contributed by atoms with Gasteiger partial charge in [-0.3, -0.25) is 9.59 Å². The predicted octanol–water partition coefficient (Wildman–Crippen LogP) is 4.22. The van der Waals surface area contributed by atoms with Crippen molar-refractivity contribution in [3.8, 4) is 0 Å². The molecular weight excluding hydrogens is 414 g/mol. The fraction of sp³-hybridized carbons (Fsp3) is 0.304. The monoisotopic (exact) mass is 435 g/mol. The zero-order chi connectivity index (χ0) is 21.7. The van der Waals surface area contributed by atoms with Gasteiger partial charge >= 0.3 is 0 Å². The first-order chi connectivity index (χ1) is 15.0. The average Bonchev–Trinajstić information content (AvgIpc) is 3.04. The lowest BCUT2D eigenvalue weighted by Gasteiger charge is -2.32. The van der Waals surface area contributed by atoms with Crippen LogP contribution < -0.4 is 10.9 Å². The second-order valence-corrected chi connectivity index (χ2v) is 8.48. The number of nitrogens with one attached hydrogen (secondary N) is 1. The van der Waals surface area contributed by atoms with Crippen LogP contribution in [0, 0.1) is 6.92 Å². The standard InChI is InChI=1S/C23H22ClN5O2/c1-13(26-22(30)19-14(2)27-28-11-5-10-25-21(19)28)18-12-15-6-3-9-17(24)20(15)23(31)29(18)16-7-4-8-16/h3,5-6,9-13,16H,4,7-8H2,1-2H3,(H,26,30)/t13-/m0/s1. The summed E-state index contributed by atoms with van der Waals surface area (Å²) in [6.07, 6.45) is 6.38. The molecule has 5 rings (SSSR count). The van der Waals surface area contributed by atoms with E-state index in [2.05, 4.69) is 15.4 Å². The van der Waals surface area contributed by atoms with Gasteiger partial charge in [0.25, 0.3) is 11.5 Å². The topological polar surface area (TPSA) is 81.3 Å². The van der Waals surface area contributed by atoms with Crippen molar-refractivity contribution in [1.82, 2.24) is 24.5 Å². The number of hydrogen-bond acceptors (Lipinski definition) is 4. The molecule has 31 heavy (non-hydrogen) atoms. The van der Waals surface area contributed by atoms with Gasteiger partial charge in [-0.2, -0.15) is 5.10 Å². The number of hydrogen-bond donors (Lipinski definition) is 1. The third-order valence-electron chi connectivity index (χ3n) is 6.09. The molecule has 0 saturated heterocycles. The first kappa shape index (κ1) is 19.8. The molecule has 1 amide bonds. The fourth-order valence-electron chi connectivity index (χ4n) is 4.31. The Balaban J connectivity index is 1.58. The van der Waals surface area contributed by atoms with E-state index in [1.807, 2.05) is 29.7 Å². The maximum Gasteiger partial charge on any atom is 0.260 e. The second kappa shape index (κ2) is 7.50. The number of aryl methyl sites for hydroxylation is 1. The first-order valence-electron chi connectivity index (χ1n) is 10.4. The van der Waals surface area contributed by atoms with Crippen LogP contribution in [0.3, 0.4) is 0 Å². The molecular formula is C23H22ClN5O2. The van der Waals surface area contributed by atoms with Crippen molar-refractivity contribution < 1.29 is 4.79 Å². The molecule has 0 unspecified atom stereocenters. The molecule has 3 heterocycles. The summed E-state index contributed by atoms with van der Waals surface area (Å²) in [6, 6.07) is 8.92. The number of amides is 1. The van der Waals surface area contributed by atoms with E-state index in [9.17, 15) is 9.59 Å². The Kier molecular flexibility index (Phi) is 4.78. The lowest BCUT2D eigenvalue weighted by Crippen LogP contribution is -2.36. The minimum atomic E-state index is -0.387. The predicted molar refractivity (Wildman–Crippen MR) is 120 cm³/mol. The summed E-state index contributed by atoms with van der Waals surface area (Å²) < 4.78 is 3.42. The largest absolute Gasteiger partial charge is 0.344 e. The summed E-state index contributed by atoms with van der Waals surface area (Å²) in [4.78, 5) is 30.9. The summed E-state index contributed by atoms with van der Waals surface area (Å²) in [6.45, 7) is 3.68. The van der Waals surface area contributed by atoms with E-state index in [-0.39, 0.29) is 23.6 Å². The molecule has 0 spiro atoms. The van der Waals surface area contributed by atoms with Crippen molar-refractivity contribution in [2.75, 3.05) is 0 Å². The van der Waals surface area contributed by atoms with Crippen molar-refractivity contribution in [3.05, 3.63) is 75.1 Å². The van der Waals surface area contributed by atoms with E-state index in [0.717, 1.165) is 30.3 Å². The molecule has 0 aliphatic heterocycles. The number of nitrogens with zero attached hydrogens (tertiary/aromatic N) is 4. The van der Waals surface area contributed by atoms with Crippen molar-refractivity contribution in [1.29, 1.82) is 0 Å². The van der Waals surface area contributed by atoms with Gasteiger partial charge in [0.05, 0.1) is 22.1 Å². The zero-order valence-corrected chi connectivity index (χ0v) is 18.1. The highest BCUT2D eigenvalue weighted by molar-refractivity contribution is 6.35. The maximum absolute atomic E-state index is 13.4. The first-order valence-corrected chi connectivity index (χ1v) is 10.8. The van der Waals surface area contributed by atoms with Crippen LogP contribution in [0.25, 0.3) is 16.4 Å². The summed E-state index contributed by atoms with van der Waals surface area (Å²) in [5, 5.41) is 9.18. The van der Waals surface area contributed by atoms with E-state index in [1.165, 1.54) is 0 Å². The van der Waals surface area contributed by atoms with Crippen LogP contribution in [-0.2, 0) is 0 Å². The molecule has 7 nitrogen and oxygen atoms in total. The molecule has 1 saturated carbocycles. The summed E-state index contributed by atoms with van der Waals surface area (Å²) in [5.41, 5.74) is 2.22. The third kappa shape index (κ3) is 3.20. The van der Waals surface area contributed by atoms with Crippen molar-refractivity contribution in [3.63, 3.8) is 0 Å². The highest BCUT2D eigenvalue weighted by Crippen LogP contribution is 2.34. The second-order valence-electron chi connectivity index (χ2n) is 8.08. The molecule has 0 radical (unpaired) electrons. The molecule has 1 atom stereocenters. The van der Waals surface area contributed by atoms with E-state index in [1.54, 1.807) is 36.0 Å². The van der Waals surface area contributed by atoms with Gasteiger partial charge < -0.3 is 9.88 Å². The Morgan fingerprint density at radius 2 is 2.10 bits per heavy atom. The quantitative estimate of drug-likeness (QED) is 0.520. The van der Waals surface area contributed by atoms with Crippen molar-refractivity contribution in [2.45, 2.75) is 45.2 Å². The molecule has 158 valence electrons. The Hall–Kier alpha value is -3.19. The van der Waals surface area contributed by atoms with Crippen LogP contribution in [0.2, 0.25) is 5.02 Å². The van der Waals surface area contributed by atoms with Crippen molar-refractivity contribution >= 4 is 33.9 Å². The molecule has 1 aromatic carbocycles. The van der Waals surface area contributed by atoms with Gasteiger partial charge in [0.15, 0.2) is 5.65 Å². The lowest BCUT2D eigenvalue weighted by atomic mass is 9.91. The summed E-state index contributed by atoms with van der Waals surface area (Å²) in [7, 11) is 0. The van der Waals surface area contributed by atoms with Gasteiger partial charge in [-0.1, -0.05) is 23.7 Å². The van der Waals surface area contributed by atoms with E-state index in [4.69, 9.17) is 11.6 Å². The van der Waals surface area contributed by atoms with Crippen LogP contribution in [0.1, 0.15) is 60.0 Å². The van der Waals surface area contributed by atoms with Crippen LogP contribution in [0.4, 0.5) is 0 Å². The SMILES string of the molecule is Cc1nn2cccnc2c1C(=O)N[C@@H](C)c1cc2cccc(Cl)c2c(=O)n1C1CCC1. The number of halogens is 1. The fourth-order valence-corrected chi connectivity index (χ4v) is 4.58. The van der Waals surface area contributed by atoms with Gasteiger partial charge in [0, 0.05) is 24.1 Å². The van der Waals surface area contributed by atoms with E-state index in [0.29, 0.717) is 27.3 Å². The van der Waals surface area contributed by atoms with E-state index >= 15 is 0 Å². The Labute approximate surface area is 183 Å². The molecule has 4 aromatic rings. The Bertz CT molecular complexity index is 1390. The van der Waals surface area contributed by atoms with E-state index < -0.39 is 0 Å². The van der Waals surface area contributed by atoms with Crippen LogP contribution in [-0.4, -0.2) is 25.1 Å². The Morgan fingerprint density at radius 3 is 2.84 bits per heavy atom. The normalized spacial score (nSPS) is 15.2. The number of rotatable bonds is 4. The summed E-state index contributed by atoms with van der Waals surface area (Å²) in [5.74, 6) is -0.266. The molecule has 1 aliphatic rings. The molecule has 3 aromatic heterocycles. The average molecular weight is 436 g/mol. The van der Waals surface area contributed by atoms with Crippen LogP contribution >= 0.6 is 11.6 Å². The molecule has 0 bridgehead atoms. The highest BCUT2D eigenvalue weighted by atomic mass is 35.5. The lowest BCUT2D eigenvalue weighted by molar-refractivity contribution is 0.0938. The maximum atomic E-state index is 13.4. The zero-order valence-electron chi connectivity index (χ0n) is 17.3. The number of carbonyl (C=O) groups excluding carboxylic acids is 1. The molecule has 1 N–H and O–H groups in total. The third-order valence-corrected chi connectivity index (χ3v) is 6.40. The Morgan fingerprint density at radius 1 is 1.29 bits per heavy atom. The highest BCUT2D eigenvalue weighted by Gasteiger charge is 2.28. The van der Waals surface area contributed by atoms with Gasteiger partial charge in [0.2, 0.25) is 0 Å². The molecule has 8 heteroatoms. The number of carbonyl (C=O) groups is 1. The minimum Gasteiger partial charge on any atom is -0.344 e. The summed E-state index contributed by atoms with van der Waals surface area (Å²) >= 11 is 6.36. The van der Waals surface area contributed by atoms with Gasteiger partial charge in [0.1, 0.15) is 5.56 Å². The molecule has 1 fully saturated rings. The van der Waals surface area contributed by atoms with Gasteiger partial charge in [-0.15, -0.1) is 0 Å². The minimum absolute atomic E-state index is 0.0993. The van der Waals surface area contributed by atoms with Crippen molar-refractivity contribution in [2.24, 2.45) is 0 Å². The van der Waals surface area contributed by atoms with Gasteiger partial charge in [-0.25, -0.2) is 9.50 Å². The van der Waals surface area contributed by atoms with Crippen LogP contribution in [0.5, 0.6) is 0 Å². The smallest absolute Gasteiger partial charge is 0.260 e. The number of fused-ring (bicyclic) bond motifs is 2. The molecule has 1 aliphatic carbocycles. The number of aromatic nitrogens is 4. The number of benzene rings is 1. The van der Waals surface area contributed by atoms with Crippen LogP contribution in [0.15, 0.2) is 47.5 Å². The van der Waals surface area contributed by atoms with Gasteiger partial charge in [-0.05, 0) is 56.7 Å².